The predicted octanol–water partition coefficient (Wildman–Crippen LogP) is 13.0. The van der Waals surface area contributed by atoms with Crippen molar-refractivity contribution in [3.63, 3.8) is 0 Å². The van der Waals surface area contributed by atoms with Crippen LogP contribution in [0.1, 0.15) is 22.3 Å². The van der Waals surface area contributed by atoms with Gasteiger partial charge in [-0.1, -0.05) is 24.3 Å². The third-order valence-corrected chi connectivity index (χ3v) is 8.86. The third-order valence-electron chi connectivity index (χ3n) is 8.86. The van der Waals surface area contributed by atoms with Gasteiger partial charge in [-0.3, -0.25) is 0 Å². The lowest BCUT2D eigenvalue weighted by molar-refractivity contribution is -0.293. The Kier molecular flexibility index (Phi) is 12.1. The minimum absolute atomic E-state index is 0.136. The molecule has 0 radical (unpaired) electrons. The number of alkyl halides is 18. The highest BCUT2D eigenvalue weighted by Gasteiger charge is 2.45. The summed E-state index contributed by atoms with van der Waals surface area (Å²) in [4.78, 5) is 0. The van der Waals surface area contributed by atoms with E-state index < -0.39 is 117 Å². The van der Waals surface area contributed by atoms with Crippen molar-refractivity contribution in [3.8, 4) is 81.0 Å². The zero-order chi connectivity index (χ0) is 50.7. The standard InChI is InChI=1S/C40H10F18N4O6/c41-35(42,43)63-25-7-17(8-26(64-36(44,45)46)33(25)67-39(53,54)55)15-1-3-21-23(5-15)31-30(20(13-61)14-62)22-4-2-16(6-24(22)32(31)29(21)19(11-59)12-60)18-9-27(65-37(47,48)49)34(68-40(56,57)58)28(10-18)66-38(50,51)52/h1-10H. The van der Waals surface area contributed by atoms with Crippen LogP contribution in [0.4, 0.5) is 79.0 Å². The van der Waals surface area contributed by atoms with Gasteiger partial charge in [-0.05, 0) is 80.9 Å². The van der Waals surface area contributed by atoms with Crippen molar-refractivity contribution < 1.29 is 107 Å². The van der Waals surface area contributed by atoms with Gasteiger partial charge in [0, 0.05) is 22.3 Å². The zero-order valence-corrected chi connectivity index (χ0v) is 31.8. The number of allylic oxidation sites excluding steroid dienone is 6. The number of nitriles is 4. The number of nitrogens with zero attached hydrogens (tertiary/aromatic N) is 4. The van der Waals surface area contributed by atoms with Crippen LogP contribution in [-0.2, 0) is 0 Å². The number of rotatable bonds is 8. The summed E-state index contributed by atoms with van der Waals surface area (Å²) in [5.74, 6) is -12.6. The first kappa shape index (κ1) is 49.0. The predicted molar refractivity (Wildman–Crippen MR) is 187 cm³/mol. The van der Waals surface area contributed by atoms with Gasteiger partial charge in [0.05, 0.1) is 0 Å². The van der Waals surface area contributed by atoms with E-state index in [9.17, 15) is 100 Å². The summed E-state index contributed by atoms with van der Waals surface area (Å²) in [5.41, 5.74) is -7.07. The van der Waals surface area contributed by atoms with Gasteiger partial charge < -0.3 is 28.4 Å². The molecule has 10 nitrogen and oxygen atoms in total. The van der Waals surface area contributed by atoms with Crippen LogP contribution in [-0.4, -0.2) is 38.2 Å². The lowest BCUT2D eigenvalue weighted by Crippen LogP contribution is -2.23. The van der Waals surface area contributed by atoms with Crippen LogP contribution in [0.3, 0.4) is 0 Å². The molecular weight excluding hydrogens is 974 g/mol. The molecule has 0 saturated carbocycles. The van der Waals surface area contributed by atoms with Gasteiger partial charge in [0.15, 0.2) is 23.0 Å². The minimum atomic E-state index is -5.95. The van der Waals surface area contributed by atoms with Gasteiger partial charge in [-0.15, -0.1) is 79.0 Å². The summed E-state index contributed by atoms with van der Waals surface area (Å²) in [6.07, 6.45) is -35.5. The molecule has 68 heavy (non-hydrogen) atoms. The maximum absolute atomic E-state index is 13.5. The Morgan fingerprint density at radius 2 is 0.574 bits per heavy atom. The van der Waals surface area contributed by atoms with E-state index in [0.717, 1.165) is 36.4 Å². The van der Waals surface area contributed by atoms with E-state index in [1.807, 2.05) is 0 Å². The summed E-state index contributed by atoms with van der Waals surface area (Å²) in [6, 6.07) is 12.2. The summed E-state index contributed by atoms with van der Waals surface area (Å²) < 4.78 is 263. The molecule has 352 valence electrons. The molecule has 0 N–H and O–H groups in total. The van der Waals surface area contributed by atoms with Crippen LogP contribution in [0.5, 0.6) is 34.5 Å². The number of benzene rings is 4. The molecule has 0 aliphatic heterocycles. The molecule has 0 unspecified atom stereocenters. The number of hydrogen-bond donors (Lipinski definition) is 0. The molecule has 0 atom stereocenters. The van der Waals surface area contributed by atoms with Crippen LogP contribution in [0, 0.1) is 45.3 Å². The zero-order valence-electron chi connectivity index (χ0n) is 31.8. The topological polar surface area (TPSA) is 151 Å². The molecule has 0 amide bonds. The molecule has 6 rings (SSSR count). The first-order valence-corrected chi connectivity index (χ1v) is 17.3. The maximum atomic E-state index is 13.5. The average Bonchev–Trinajstić information content (AvgIpc) is 3.67. The smallest absolute Gasteiger partial charge is 0.402 e. The number of ether oxygens (including phenoxy) is 6. The highest BCUT2D eigenvalue weighted by molar-refractivity contribution is 6.38. The Hall–Kier alpha value is -8.40. The monoisotopic (exact) mass is 984 g/mol. The van der Waals surface area contributed by atoms with E-state index in [2.05, 4.69) is 28.4 Å². The van der Waals surface area contributed by atoms with Crippen LogP contribution in [0.2, 0.25) is 0 Å². The molecule has 0 aromatic heterocycles. The summed E-state index contributed by atoms with van der Waals surface area (Å²) in [7, 11) is 0. The second-order valence-corrected chi connectivity index (χ2v) is 13.1. The fraction of sp³-hybridized carbons (Fsp3) is 0.150. The molecule has 4 aromatic rings. The van der Waals surface area contributed by atoms with Crippen molar-refractivity contribution in [2.45, 2.75) is 38.2 Å². The Morgan fingerprint density at radius 3 is 0.794 bits per heavy atom. The summed E-state index contributed by atoms with van der Waals surface area (Å²) in [5, 5.41) is 40.2. The Labute approximate surface area is 364 Å². The number of halogens is 18. The van der Waals surface area contributed by atoms with Crippen LogP contribution < -0.4 is 28.4 Å². The van der Waals surface area contributed by atoms with Gasteiger partial charge in [0.2, 0.25) is 11.5 Å². The maximum Gasteiger partial charge on any atom is 0.573 e. The molecule has 2 aliphatic rings. The van der Waals surface area contributed by atoms with Crippen molar-refractivity contribution >= 4 is 22.3 Å². The van der Waals surface area contributed by atoms with Crippen LogP contribution in [0.15, 0.2) is 71.8 Å². The van der Waals surface area contributed by atoms with E-state index in [1.54, 1.807) is 24.3 Å². The van der Waals surface area contributed by atoms with E-state index in [0.29, 0.717) is 0 Å². The van der Waals surface area contributed by atoms with Crippen LogP contribution in [0.25, 0.3) is 44.5 Å². The molecule has 0 spiro atoms. The fourth-order valence-corrected chi connectivity index (χ4v) is 6.87. The normalized spacial score (nSPS) is 13.6. The Morgan fingerprint density at radius 1 is 0.324 bits per heavy atom. The molecule has 28 heteroatoms. The molecule has 0 heterocycles. The van der Waals surface area contributed by atoms with Crippen LogP contribution >= 0.6 is 0 Å². The molecule has 0 fully saturated rings. The van der Waals surface area contributed by atoms with E-state index in [-0.39, 0.29) is 57.7 Å². The van der Waals surface area contributed by atoms with Crippen molar-refractivity contribution in [1.82, 2.24) is 0 Å². The minimum Gasteiger partial charge on any atom is -0.402 e. The molecule has 2 aliphatic carbocycles. The second kappa shape index (κ2) is 16.8. The second-order valence-electron chi connectivity index (χ2n) is 13.1. The Balaban J connectivity index is 1.68. The third kappa shape index (κ3) is 10.7. The van der Waals surface area contributed by atoms with Crippen molar-refractivity contribution in [3.05, 3.63) is 94.1 Å². The average molecular weight is 985 g/mol. The lowest BCUT2D eigenvalue weighted by Gasteiger charge is -2.21. The van der Waals surface area contributed by atoms with E-state index in [4.69, 9.17) is 0 Å². The van der Waals surface area contributed by atoms with E-state index in [1.165, 1.54) is 0 Å². The summed E-state index contributed by atoms with van der Waals surface area (Å²) in [6.45, 7) is 0. The SMILES string of the molecule is N#CC(C#N)=C1C2=C(C(=C(C#N)C#N)c3ccc(-c4cc(OC(F)(F)F)c(OC(F)(F)F)c(OC(F)(F)F)c4)cc32)c2cc(-c3cc(OC(F)(F)F)c(OC(F)(F)F)c(OC(F)(F)F)c3)ccc21. The van der Waals surface area contributed by atoms with Crippen molar-refractivity contribution in [2.24, 2.45) is 0 Å². The highest BCUT2D eigenvalue weighted by Crippen LogP contribution is 2.60. The van der Waals surface area contributed by atoms with Gasteiger partial charge in [-0.2, -0.15) is 21.0 Å². The first-order chi connectivity index (χ1) is 31.2. The molecule has 0 bridgehead atoms. The van der Waals surface area contributed by atoms with Gasteiger partial charge >= 0.3 is 38.2 Å². The van der Waals surface area contributed by atoms with Gasteiger partial charge in [-0.25, -0.2) is 0 Å². The van der Waals surface area contributed by atoms with Crippen molar-refractivity contribution in [2.75, 3.05) is 0 Å². The number of hydrogen-bond acceptors (Lipinski definition) is 10. The molecule has 4 aromatic carbocycles. The lowest BCUT2D eigenvalue weighted by atomic mass is 9.87. The van der Waals surface area contributed by atoms with Gasteiger partial charge in [0.1, 0.15) is 35.4 Å². The quantitative estimate of drug-likeness (QED) is 0.123. The fourth-order valence-electron chi connectivity index (χ4n) is 6.87. The Bertz CT molecular complexity index is 2730. The largest absolute Gasteiger partial charge is 0.573 e. The first-order valence-electron chi connectivity index (χ1n) is 17.3. The molecular formula is C40H10F18N4O6. The highest BCUT2D eigenvalue weighted by atomic mass is 19.4. The van der Waals surface area contributed by atoms with Gasteiger partial charge in [0.25, 0.3) is 0 Å². The number of fused-ring (bicyclic) bond motifs is 4. The summed E-state index contributed by atoms with van der Waals surface area (Å²) >= 11 is 0. The molecule has 0 saturated heterocycles. The van der Waals surface area contributed by atoms with E-state index >= 15 is 0 Å². The van der Waals surface area contributed by atoms with Crippen molar-refractivity contribution in [1.29, 1.82) is 21.0 Å².